The highest BCUT2D eigenvalue weighted by Gasteiger charge is 2.38. The largest absolute Gasteiger partial charge is 0.491 e. The first-order valence-corrected chi connectivity index (χ1v) is 12.7. The molecule has 0 radical (unpaired) electrons. The summed E-state index contributed by atoms with van der Waals surface area (Å²) in [7, 11) is 0. The van der Waals surface area contributed by atoms with E-state index in [1.807, 2.05) is 50.8 Å². The normalized spacial score (nSPS) is 18.0. The number of carbonyl (C=O) groups is 2. The van der Waals surface area contributed by atoms with Gasteiger partial charge >= 0.3 is 6.03 Å². The maximum absolute atomic E-state index is 13.5. The second-order valence-corrected chi connectivity index (χ2v) is 11.3. The number of carbonyl (C=O) groups excluding carboxylic acids is 2. The number of halogens is 1. The third-order valence-corrected chi connectivity index (χ3v) is 7.41. The topological polar surface area (TPSA) is 61.9 Å². The van der Waals surface area contributed by atoms with Gasteiger partial charge in [0.1, 0.15) is 18.9 Å². The Hall–Kier alpha value is -2.25. The van der Waals surface area contributed by atoms with Gasteiger partial charge in [-0.15, -0.1) is 11.3 Å². The van der Waals surface area contributed by atoms with Gasteiger partial charge in [0.05, 0.1) is 6.04 Å². The smallest absolute Gasteiger partial charge is 0.318 e. The standard InChI is InChI=1S/C25H32ClN3O3S/c1-16-13-18(7-8-20(16)26)32-15-21-19-10-12-33-22(19)9-11-28(21)23(30)14-29(17-5-6-17)24(31)27-25(2,3)4/h7-8,10,12-13,17,21H,5-6,9,11,14-15H2,1-4H3,(H,27,31)/t21-/m0/s1. The summed E-state index contributed by atoms with van der Waals surface area (Å²) in [6.07, 6.45) is 2.72. The third-order valence-electron chi connectivity index (χ3n) is 5.99. The van der Waals surface area contributed by atoms with Crippen molar-refractivity contribution in [3.05, 3.63) is 50.7 Å². The van der Waals surface area contributed by atoms with Crippen LogP contribution in [0.5, 0.6) is 5.75 Å². The number of hydrogen-bond acceptors (Lipinski definition) is 4. The van der Waals surface area contributed by atoms with Crippen molar-refractivity contribution < 1.29 is 14.3 Å². The van der Waals surface area contributed by atoms with Crippen molar-refractivity contribution in [2.24, 2.45) is 0 Å². The predicted molar refractivity (Wildman–Crippen MR) is 132 cm³/mol. The summed E-state index contributed by atoms with van der Waals surface area (Å²) in [5.74, 6) is 0.694. The maximum atomic E-state index is 13.5. The molecule has 1 atom stereocenters. The van der Waals surface area contributed by atoms with Crippen molar-refractivity contribution in [1.29, 1.82) is 0 Å². The van der Waals surface area contributed by atoms with Gasteiger partial charge in [0.15, 0.2) is 0 Å². The molecule has 3 amide bonds. The van der Waals surface area contributed by atoms with E-state index in [9.17, 15) is 9.59 Å². The van der Waals surface area contributed by atoms with Crippen LogP contribution in [0.1, 0.15) is 55.7 Å². The lowest BCUT2D eigenvalue weighted by Crippen LogP contribution is -2.53. The first-order valence-electron chi connectivity index (χ1n) is 11.5. The van der Waals surface area contributed by atoms with Gasteiger partial charge in [-0.1, -0.05) is 11.6 Å². The Kier molecular flexibility index (Phi) is 6.91. The van der Waals surface area contributed by atoms with Crippen LogP contribution < -0.4 is 10.1 Å². The average molecular weight is 490 g/mol. The molecule has 0 spiro atoms. The number of benzene rings is 1. The number of nitrogens with one attached hydrogen (secondary N) is 1. The van der Waals surface area contributed by atoms with Gasteiger partial charge in [0.25, 0.3) is 0 Å². The molecule has 0 saturated heterocycles. The Labute approximate surface area is 204 Å². The average Bonchev–Trinajstić information content (AvgIpc) is 3.46. The molecule has 8 heteroatoms. The Bertz CT molecular complexity index is 1030. The molecular formula is C25H32ClN3O3S. The minimum atomic E-state index is -0.350. The molecule has 2 aliphatic rings. The first kappa shape index (κ1) is 23.9. The summed E-state index contributed by atoms with van der Waals surface area (Å²) >= 11 is 7.87. The zero-order valence-electron chi connectivity index (χ0n) is 19.7. The number of fused-ring (bicyclic) bond motifs is 1. The number of rotatable bonds is 6. The van der Waals surface area contributed by atoms with E-state index in [1.165, 1.54) is 4.88 Å². The first-order chi connectivity index (χ1) is 15.6. The molecule has 2 heterocycles. The number of nitrogens with zero attached hydrogens (tertiary/aromatic N) is 2. The highest BCUT2D eigenvalue weighted by atomic mass is 35.5. The molecule has 1 N–H and O–H groups in total. The highest BCUT2D eigenvalue weighted by Crippen LogP contribution is 2.35. The Morgan fingerprint density at radius 3 is 2.70 bits per heavy atom. The fourth-order valence-electron chi connectivity index (χ4n) is 4.14. The van der Waals surface area contributed by atoms with E-state index >= 15 is 0 Å². The molecule has 33 heavy (non-hydrogen) atoms. The zero-order valence-corrected chi connectivity index (χ0v) is 21.3. The Morgan fingerprint density at radius 1 is 1.27 bits per heavy atom. The number of ether oxygens (including phenoxy) is 1. The third kappa shape index (κ3) is 5.82. The lowest BCUT2D eigenvalue weighted by molar-refractivity contribution is -0.135. The van der Waals surface area contributed by atoms with Gasteiger partial charge in [-0.2, -0.15) is 0 Å². The number of hydrogen-bond donors (Lipinski definition) is 1. The molecule has 1 fully saturated rings. The fraction of sp³-hybridized carbons (Fsp3) is 0.520. The molecule has 1 aromatic heterocycles. The van der Waals surface area contributed by atoms with Gasteiger partial charge in [0, 0.05) is 28.0 Å². The molecule has 0 unspecified atom stereocenters. The van der Waals surface area contributed by atoms with Crippen LogP contribution in [0.15, 0.2) is 29.6 Å². The summed E-state index contributed by atoms with van der Waals surface area (Å²) in [4.78, 5) is 31.3. The van der Waals surface area contributed by atoms with Gasteiger partial charge < -0.3 is 19.9 Å². The van der Waals surface area contributed by atoms with Gasteiger partial charge in [-0.25, -0.2) is 4.79 Å². The highest BCUT2D eigenvalue weighted by molar-refractivity contribution is 7.10. The molecule has 1 aromatic carbocycles. The van der Waals surface area contributed by atoms with Crippen molar-refractivity contribution in [2.45, 2.75) is 64.6 Å². The fourth-order valence-corrected chi connectivity index (χ4v) is 5.18. The molecule has 4 rings (SSSR count). The van der Waals surface area contributed by atoms with Crippen LogP contribution in [0.2, 0.25) is 5.02 Å². The van der Waals surface area contributed by atoms with Crippen LogP contribution in [0.3, 0.4) is 0 Å². The second kappa shape index (κ2) is 9.55. The predicted octanol–water partition coefficient (Wildman–Crippen LogP) is 5.19. The van der Waals surface area contributed by atoms with Crippen LogP contribution in [0.25, 0.3) is 0 Å². The van der Waals surface area contributed by atoms with E-state index in [-0.39, 0.29) is 36.1 Å². The summed E-state index contributed by atoms with van der Waals surface area (Å²) in [6.45, 7) is 8.86. The number of amides is 3. The van der Waals surface area contributed by atoms with Crippen LogP contribution in [-0.2, 0) is 11.2 Å². The zero-order chi connectivity index (χ0) is 23.8. The lowest BCUT2D eigenvalue weighted by atomic mass is 10.0. The monoisotopic (exact) mass is 489 g/mol. The molecule has 0 bridgehead atoms. The van der Waals surface area contributed by atoms with Crippen LogP contribution >= 0.6 is 22.9 Å². The van der Waals surface area contributed by atoms with Crippen molar-refractivity contribution in [3.63, 3.8) is 0 Å². The Morgan fingerprint density at radius 2 is 2.03 bits per heavy atom. The van der Waals surface area contributed by atoms with Crippen LogP contribution in [0.4, 0.5) is 4.79 Å². The van der Waals surface area contributed by atoms with Gasteiger partial charge in [-0.05, 0) is 87.7 Å². The van der Waals surface area contributed by atoms with Gasteiger partial charge in [0.2, 0.25) is 5.91 Å². The minimum absolute atomic E-state index is 0.0382. The number of thiophene rings is 1. The van der Waals surface area contributed by atoms with Crippen molar-refractivity contribution >= 4 is 34.9 Å². The van der Waals surface area contributed by atoms with Crippen molar-refractivity contribution in [2.75, 3.05) is 19.7 Å². The van der Waals surface area contributed by atoms with Crippen LogP contribution in [0, 0.1) is 6.92 Å². The lowest BCUT2D eigenvalue weighted by Gasteiger charge is -2.37. The molecule has 6 nitrogen and oxygen atoms in total. The van der Waals surface area contributed by atoms with E-state index in [0.29, 0.717) is 18.2 Å². The van der Waals surface area contributed by atoms with Crippen LogP contribution in [-0.4, -0.2) is 53.0 Å². The summed E-state index contributed by atoms with van der Waals surface area (Å²) in [5, 5.41) is 5.78. The van der Waals surface area contributed by atoms with E-state index in [0.717, 1.165) is 36.1 Å². The van der Waals surface area contributed by atoms with Gasteiger partial charge in [-0.3, -0.25) is 4.79 Å². The SMILES string of the molecule is Cc1cc(OC[C@H]2c3ccsc3CCN2C(=O)CN(C(=O)NC(C)(C)C)C2CC2)ccc1Cl. The molecule has 2 aromatic rings. The maximum Gasteiger partial charge on any atom is 0.318 e. The summed E-state index contributed by atoms with van der Waals surface area (Å²) in [5.41, 5.74) is 1.74. The van der Waals surface area contributed by atoms with E-state index in [2.05, 4.69) is 16.8 Å². The van der Waals surface area contributed by atoms with E-state index in [1.54, 1.807) is 16.2 Å². The van der Waals surface area contributed by atoms with Crippen molar-refractivity contribution in [1.82, 2.24) is 15.1 Å². The second-order valence-electron chi connectivity index (χ2n) is 9.91. The molecule has 1 aliphatic carbocycles. The summed E-state index contributed by atoms with van der Waals surface area (Å²) in [6, 6.07) is 7.47. The molecular weight excluding hydrogens is 458 g/mol. The Balaban J connectivity index is 1.50. The molecule has 178 valence electrons. The summed E-state index contributed by atoms with van der Waals surface area (Å²) < 4.78 is 6.13. The van der Waals surface area contributed by atoms with E-state index in [4.69, 9.17) is 16.3 Å². The quantitative estimate of drug-likeness (QED) is 0.607. The molecule has 1 saturated carbocycles. The molecule has 1 aliphatic heterocycles. The van der Waals surface area contributed by atoms with Crippen molar-refractivity contribution in [3.8, 4) is 5.75 Å². The minimum Gasteiger partial charge on any atom is -0.491 e. The number of aryl methyl sites for hydroxylation is 1. The number of urea groups is 1. The van der Waals surface area contributed by atoms with E-state index < -0.39 is 0 Å².